The molecule has 48 heavy (non-hydrogen) atoms. The summed E-state index contributed by atoms with van der Waals surface area (Å²) in [5.41, 5.74) is 3.62. The number of ether oxygens (including phenoxy) is 4. The van der Waals surface area contributed by atoms with Gasteiger partial charge in [0.1, 0.15) is 35.6 Å². The molecule has 0 spiro atoms. The normalized spacial score (nSPS) is 19.9. The molecular formula is C38H35NO8S. The van der Waals surface area contributed by atoms with Gasteiger partial charge in [-0.25, -0.2) is 9.59 Å². The predicted molar refractivity (Wildman–Crippen MR) is 181 cm³/mol. The fourth-order valence-electron chi connectivity index (χ4n) is 5.96. The lowest BCUT2D eigenvalue weighted by Crippen LogP contribution is -2.45. The molecule has 6 rings (SSSR count). The van der Waals surface area contributed by atoms with Gasteiger partial charge in [-0.05, 0) is 87.2 Å². The van der Waals surface area contributed by atoms with Crippen molar-refractivity contribution in [1.29, 1.82) is 0 Å². The quantitative estimate of drug-likeness (QED) is 0.146. The van der Waals surface area contributed by atoms with Crippen LogP contribution >= 0.6 is 11.8 Å². The van der Waals surface area contributed by atoms with Crippen molar-refractivity contribution in [3.63, 3.8) is 0 Å². The molecule has 0 radical (unpaired) electrons. The predicted octanol–water partition coefficient (Wildman–Crippen LogP) is 7.24. The van der Waals surface area contributed by atoms with Crippen LogP contribution in [0.3, 0.4) is 0 Å². The average molecular weight is 666 g/mol. The number of nitrogens with one attached hydrogen (secondary N) is 1. The fraction of sp³-hybridized carbons (Fsp3) is 0.263. The number of carbonyl (C=O) groups excluding carboxylic acids is 4. The Morgan fingerprint density at radius 3 is 2.08 bits per heavy atom. The van der Waals surface area contributed by atoms with Crippen LogP contribution in [-0.4, -0.2) is 40.5 Å². The van der Waals surface area contributed by atoms with Gasteiger partial charge in [-0.1, -0.05) is 60.3 Å². The first-order valence-corrected chi connectivity index (χ1v) is 16.5. The molecule has 1 N–H and O–H groups in total. The number of benzene rings is 4. The molecule has 2 aliphatic rings. The summed E-state index contributed by atoms with van der Waals surface area (Å²) >= 11 is 0.996. The maximum Gasteiger partial charge on any atom is 0.343 e. The Morgan fingerprint density at radius 1 is 0.854 bits per heavy atom. The van der Waals surface area contributed by atoms with Crippen molar-refractivity contribution in [3.05, 3.63) is 124 Å². The lowest BCUT2D eigenvalue weighted by atomic mass is 9.85. The van der Waals surface area contributed by atoms with E-state index in [1.54, 1.807) is 48.5 Å². The van der Waals surface area contributed by atoms with Gasteiger partial charge in [-0.3, -0.25) is 14.9 Å². The van der Waals surface area contributed by atoms with E-state index in [1.807, 2.05) is 64.1 Å². The van der Waals surface area contributed by atoms with Crippen LogP contribution in [0.4, 0.5) is 4.79 Å². The van der Waals surface area contributed by atoms with E-state index in [-0.39, 0.29) is 24.2 Å². The Bertz CT molecular complexity index is 1880. The first kappa shape index (κ1) is 32.8. The van der Waals surface area contributed by atoms with Gasteiger partial charge in [0.05, 0.1) is 16.4 Å². The van der Waals surface area contributed by atoms with Gasteiger partial charge in [0.2, 0.25) is 5.91 Å². The van der Waals surface area contributed by atoms with E-state index in [2.05, 4.69) is 5.32 Å². The van der Waals surface area contributed by atoms with E-state index in [0.717, 1.165) is 28.5 Å². The van der Waals surface area contributed by atoms with E-state index in [4.69, 9.17) is 18.9 Å². The van der Waals surface area contributed by atoms with Crippen LogP contribution in [0.1, 0.15) is 68.0 Å². The number of imide groups is 1. The van der Waals surface area contributed by atoms with Gasteiger partial charge in [0, 0.05) is 17.5 Å². The molecule has 1 fully saturated rings. The van der Waals surface area contributed by atoms with E-state index in [9.17, 15) is 19.2 Å². The Labute approximate surface area is 282 Å². The largest absolute Gasteiger partial charge is 0.489 e. The summed E-state index contributed by atoms with van der Waals surface area (Å²) < 4.78 is 25.1. The van der Waals surface area contributed by atoms with Crippen LogP contribution in [0.5, 0.6) is 17.2 Å². The number of hydrogen-bond acceptors (Lipinski definition) is 9. The van der Waals surface area contributed by atoms with Crippen LogP contribution in [0.15, 0.2) is 84.9 Å². The van der Waals surface area contributed by atoms with Gasteiger partial charge in [0.25, 0.3) is 5.24 Å². The molecule has 9 nitrogen and oxygen atoms in total. The zero-order chi connectivity index (χ0) is 34.0. The number of fused-ring (bicyclic) bond motifs is 1. The Kier molecular flexibility index (Phi) is 9.28. The van der Waals surface area contributed by atoms with Gasteiger partial charge in [-0.2, -0.15) is 0 Å². The molecule has 3 unspecified atom stereocenters. The molecule has 0 aliphatic carbocycles. The third-order valence-corrected chi connectivity index (χ3v) is 9.62. The smallest absolute Gasteiger partial charge is 0.343 e. The second-order valence-corrected chi connectivity index (χ2v) is 13.4. The third kappa shape index (κ3) is 6.94. The summed E-state index contributed by atoms with van der Waals surface area (Å²) in [7, 11) is 0. The molecule has 4 aromatic rings. The molecule has 4 aromatic carbocycles. The van der Waals surface area contributed by atoms with Crippen molar-refractivity contribution in [3.8, 4) is 17.2 Å². The monoisotopic (exact) mass is 665 g/mol. The minimum atomic E-state index is -0.905. The first-order valence-electron chi connectivity index (χ1n) is 15.6. The van der Waals surface area contributed by atoms with Crippen LogP contribution in [-0.2, 0) is 16.0 Å². The minimum absolute atomic E-state index is 0.142. The molecule has 3 atom stereocenters. The van der Waals surface area contributed by atoms with Crippen molar-refractivity contribution in [2.75, 3.05) is 6.61 Å². The standard InChI is InChI=1S/C38H35NO8S/c1-22-23(2)33-31(24(3)32(22)46-36(42)27-13-9-6-10-14-27)29(45-35(41)26-11-7-5-8-12-26)20-38(4,47-33)21-44-28-17-15-25(16-18-28)19-30-34(40)39-37(43)48-30/h5-18,29-30H,19-21H2,1-4H3,(H,39,40,43). The fourth-order valence-corrected chi connectivity index (χ4v) is 6.82. The second kappa shape index (κ2) is 13.6. The van der Waals surface area contributed by atoms with E-state index < -0.39 is 28.9 Å². The molecular weight excluding hydrogens is 630 g/mol. The van der Waals surface area contributed by atoms with Crippen LogP contribution in [0.25, 0.3) is 0 Å². The lowest BCUT2D eigenvalue weighted by Gasteiger charge is -2.41. The van der Waals surface area contributed by atoms with Gasteiger partial charge in [-0.15, -0.1) is 0 Å². The maximum atomic E-state index is 13.4. The second-order valence-electron chi connectivity index (χ2n) is 12.2. The van der Waals surface area contributed by atoms with Gasteiger partial charge < -0.3 is 18.9 Å². The highest BCUT2D eigenvalue weighted by Gasteiger charge is 2.43. The molecule has 2 heterocycles. The molecule has 0 aromatic heterocycles. The molecule has 2 aliphatic heterocycles. The number of hydrogen-bond donors (Lipinski definition) is 1. The van der Waals surface area contributed by atoms with E-state index in [1.165, 1.54) is 0 Å². The number of amides is 2. The molecule has 246 valence electrons. The number of thioether (sulfide) groups is 1. The van der Waals surface area contributed by atoms with Crippen molar-refractivity contribution in [2.45, 2.75) is 57.5 Å². The van der Waals surface area contributed by atoms with Gasteiger partial charge in [0.15, 0.2) is 0 Å². The number of rotatable bonds is 9. The minimum Gasteiger partial charge on any atom is -0.489 e. The summed E-state index contributed by atoms with van der Waals surface area (Å²) in [5.74, 6) is 0.311. The van der Waals surface area contributed by atoms with E-state index >= 15 is 0 Å². The zero-order valence-corrected chi connectivity index (χ0v) is 27.8. The summed E-state index contributed by atoms with van der Waals surface area (Å²) in [6, 6.07) is 24.9. The summed E-state index contributed by atoms with van der Waals surface area (Å²) in [6.07, 6.45) is -0.0350. The molecule has 10 heteroatoms. The van der Waals surface area contributed by atoms with Crippen molar-refractivity contribution >= 4 is 34.8 Å². The van der Waals surface area contributed by atoms with Crippen LogP contribution in [0.2, 0.25) is 0 Å². The number of carbonyl (C=O) groups is 4. The molecule has 0 saturated carbocycles. The third-order valence-electron chi connectivity index (χ3n) is 8.64. The first-order chi connectivity index (χ1) is 23.0. The number of esters is 2. The Morgan fingerprint density at radius 2 is 1.48 bits per heavy atom. The van der Waals surface area contributed by atoms with Crippen molar-refractivity contribution in [1.82, 2.24) is 5.32 Å². The highest BCUT2D eigenvalue weighted by Crippen LogP contribution is 2.49. The summed E-state index contributed by atoms with van der Waals surface area (Å²) in [5, 5.41) is 1.53. The average Bonchev–Trinajstić information content (AvgIpc) is 3.41. The highest BCUT2D eigenvalue weighted by molar-refractivity contribution is 8.15. The Balaban J connectivity index is 1.27. The summed E-state index contributed by atoms with van der Waals surface area (Å²) in [6.45, 7) is 7.66. The lowest BCUT2D eigenvalue weighted by molar-refractivity contribution is -0.118. The maximum absolute atomic E-state index is 13.4. The molecule has 1 saturated heterocycles. The topological polar surface area (TPSA) is 117 Å². The van der Waals surface area contributed by atoms with Gasteiger partial charge >= 0.3 is 11.9 Å². The summed E-state index contributed by atoms with van der Waals surface area (Å²) in [4.78, 5) is 50.0. The molecule has 2 amide bonds. The molecule has 0 bridgehead atoms. The van der Waals surface area contributed by atoms with E-state index in [0.29, 0.717) is 45.9 Å². The SMILES string of the molecule is Cc1c(C)c2c(c(C)c1OC(=O)c1ccccc1)C(OC(=O)c1ccccc1)CC(C)(COc1ccc(CC3SC(=O)NC3=O)cc1)O2. The highest BCUT2D eigenvalue weighted by atomic mass is 32.2. The zero-order valence-electron chi connectivity index (χ0n) is 27.0. The van der Waals surface area contributed by atoms with Crippen LogP contribution in [0, 0.1) is 20.8 Å². The Hall–Kier alpha value is -5.09. The van der Waals surface area contributed by atoms with Crippen molar-refractivity contribution in [2.24, 2.45) is 0 Å². The van der Waals surface area contributed by atoms with Crippen LogP contribution < -0.4 is 19.5 Å². The van der Waals surface area contributed by atoms with Crippen molar-refractivity contribution < 1.29 is 38.1 Å².